The molecule has 0 rings (SSSR count). The van der Waals surface area contributed by atoms with Gasteiger partial charge in [0.1, 0.15) is 0 Å². The summed E-state index contributed by atoms with van der Waals surface area (Å²) in [6.45, 7) is 5.54. The first kappa shape index (κ1) is 9.83. The molecule has 0 heterocycles. The Morgan fingerprint density at radius 2 is 2.27 bits per heavy atom. The van der Waals surface area contributed by atoms with Crippen molar-refractivity contribution in [3.8, 4) is 12.3 Å². The Balaban J connectivity index is 3.86. The Morgan fingerprint density at radius 3 is 2.64 bits per heavy atom. The molecule has 0 aromatic carbocycles. The average Bonchev–Trinajstić information content (AvgIpc) is 1.87. The summed E-state index contributed by atoms with van der Waals surface area (Å²) < 4.78 is 4.63. The van der Waals surface area contributed by atoms with Crippen molar-refractivity contribution < 1.29 is 9.53 Å². The van der Waals surface area contributed by atoms with Crippen LogP contribution in [0.25, 0.3) is 0 Å². The number of carbonyl (C=O) groups is 1. The molecule has 0 aromatic heterocycles. The number of nitrogens with one attached hydrogen (secondary N) is 1. The highest BCUT2D eigenvalue weighted by Gasteiger charge is 2.16. The summed E-state index contributed by atoms with van der Waals surface area (Å²) in [6.07, 6.45) is 4.65. The second-order valence-corrected chi connectivity index (χ2v) is 2.61. The summed E-state index contributed by atoms with van der Waals surface area (Å²) in [5.74, 6) is 2.42. The maximum atomic E-state index is 10.8. The molecule has 0 aliphatic carbocycles. The van der Waals surface area contributed by atoms with Crippen LogP contribution in [0.2, 0.25) is 0 Å². The highest BCUT2D eigenvalue weighted by atomic mass is 16.5. The summed E-state index contributed by atoms with van der Waals surface area (Å²) >= 11 is 0. The van der Waals surface area contributed by atoms with E-state index in [2.05, 4.69) is 16.0 Å². The van der Waals surface area contributed by atoms with Crippen molar-refractivity contribution in [1.29, 1.82) is 0 Å². The molecule has 62 valence electrons. The van der Waals surface area contributed by atoms with Gasteiger partial charge >= 0.3 is 6.09 Å². The SMILES string of the molecule is C#CC(C)(C)NC(=O)OCC. The predicted octanol–water partition coefficient (Wildman–Crippen LogP) is 1.14. The molecule has 0 spiro atoms. The topological polar surface area (TPSA) is 38.3 Å². The zero-order chi connectivity index (χ0) is 8.91. The van der Waals surface area contributed by atoms with E-state index < -0.39 is 11.6 Å². The number of amides is 1. The third-order valence-corrected chi connectivity index (χ3v) is 1.05. The van der Waals surface area contributed by atoms with Crippen molar-refractivity contribution in [2.45, 2.75) is 26.3 Å². The molecule has 0 aliphatic rings. The third kappa shape index (κ3) is 4.26. The zero-order valence-electron chi connectivity index (χ0n) is 7.10. The smallest absolute Gasteiger partial charge is 0.408 e. The first-order valence-corrected chi connectivity index (χ1v) is 3.44. The quantitative estimate of drug-likeness (QED) is 0.607. The molecule has 1 N–H and O–H groups in total. The number of ether oxygens (including phenoxy) is 1. The molecule has 0 radical (unpaired) electrons. The highest BCUT2D eigenvalue weighted by Crippen LogP contribution is 1.98. The van der Waals surface area contributed by atoms with E-state index in [1.807, 2.05) is 0 Å². The lowest BCUT2D eigenvalue weighted by molar-refractivity contribution is 0.146. The average molecular weight is 155 g/mol. The van der Waals surface area contributed by atoms with Gasteiger partial charge in [0.2, 0.25) is 0 Å². The van der Waals surface area contributed by atoms with E-state index in [1.54, 1.807) is 20.8 Å². The van der Waals surface area contributed by atoms with Crippen molar-refractivity contribution in [1.82, 2.24) is 5.32 Å². The molecule has 0 atom stereocenters. The van der Waals surface area contributed by atoms with Gasteiger partial charge in [0, 0.05) is 0 Å². The van der Waals surface area contributed by atoms with Gasteiger partial charge in [-0.3, -0.25) is 0 Å². The minimum Gasteiger partial charge on any atom is -0.450 e. The van der Waals surface area contributed by atoms with Gasteiger partial charge in [0.05, 0.1) is 12.1 Å². The van der Waals surface area contributed by atoms with Crippen LogP contribution in [-0.2, 0) is 4.74 Å². The highest BCUT2D eigenvalue weighted by molar-refractivity contribution is 5.68. The van der Waals surface area contributed by atoms with Gasteiger partial charge in [-0.15, -0.1) is 6.42 Å². The first-order valence-electron chi connectivity index (χ1n) is 3.44. The fourth-order valence-corrected chi connectivity index (χ4v) is 0.458. The largest absolute Gasteiger partial charge is 0.450 e. The van der Waals surface area contributed by atoms with E-state index in [9.17, 15) is 4.79 Å². The van der Waals surface area contributed by atoms with E-state index in [1.165, 1.54) is 0 Å². The minimum absolute atomic E-state index is 0.354. The van der Waals surface area contributed by atoms with Crippen molar-refractivity contribution in [3.05, 3.63) is 0 Å². The standard InChI is InChI=1S/C8H13NO2/c1-5-8(3,4)9-7(10)11-6-2/h1H,6H2,2-4H3,(H,9,10). The number of hydrogen-bond donors (Lipinski definition) is 1. The van der Waals surface area contributed by atoms with E-state index in [-0.39, 0.29) is 0 Å². The van der Waals surface area contributed by atoms with Gasteiger partial charge in [-0.25, -0.2) is 4.79 Å². The van der Waals surface area contributed by atoms with Gasteiger partial charge < -0.3 is 10.1 Å². The van der Waals surface area contributed by atoms with E-state index in [4.69, 9.17) is 6.42 Å². The van der Waals surface area contributed by atoms with Crippen LogP contribution in [0.5, 0.6) is 0 Å². The number of terminal acetylenes is 1. The Labute approximate surface area is 67.1 Å². The van der Waals surface area contributed by atoms with E-state index in [0.717, 1.165) is 0 Å². The Kier molecular flexibility index (Phi) is 3.46. The molecule has 0 bridgehead atoms. The third-order valence-electron chi connectivity index (χ3n) is 1.05. The van der Waals surface area contributed by atoms with Crippen LogP contribution in [0.15, 0.2) is 0 Å². The number of carbonyl (C=O) groups excluding carboxylic acids is 1. The maximum Gasteiger partial charge on any atom is 0.408 e. The van der Waals surface area contributed by atoms with Crippen LogP contribution < -0.4 is 5.32 Å². The van der Waals surface area contributed by atoms with Gasteiger partial charge in [-0.05, 0) is 20.8 Å². The maximum absolute atomic E-state index is 10.8. The molecule has 3 heteroatoms. The molecule has 0 fully saturated rings. The monoisotopic (exact) mass is 155 g/mol. The van der Waals surface area contributed by atoms with E-state index >= 15 is 0 Å². The van der Waals surface area contributed by atoms with Gasteiger partial charge in [-0.1, -0.05) is 5.92 Å². The Hall–Kier alpha value is -1.17. The van der Waals surface area contributed by atoms with Crippen LogP contribution in [0, 0.1) is 12.3 Å². The lowest BCUT2D eigenvalue weighted by Gasteiger charge is -2.18. The van der Waals surface area contributed by atoms with Crippen LogP contribution in [0.4, 0.5) is 4.79 Å². The molecular formula is C8H13NO2. The lowest BCUT2D eigenvalue weighted by atomic mass is 10.1. The zero-order valence-corrected chi connectivity index (χ0v) is 7.10. The van der Waals surface area contributed by atoms with Gasteiger partial charge in [0.25, 0.3) is 0 Å². The van der Waals surface area contributed by atoms with Crippen LogP contribution in [0.1, 0.15) is 20.8 Å². The van der Waals surface area contributed by atoms with Crippen molar-refractivity contribution in [2.24, 2.45) is 0 Å². The molecular weight excluding hydrogens is 142 g/mol. The summed E-state index contributed by atoms with van der Waals surface area (Å²) in [7, 11) is 0. The fourth-order valence-electron chi connectivity index (χ4n) is 0.458. The van der Waals surface area contributed by atoms with Crippen molar-refractivity contribution in [3.63, 3.8) is 0 Å². The van der Waals surface area contributed by atoms with Gasteiger partial charge in [0.15, 0.2) is 0 Å². The lowest BCUT2D eigenvalue weighted by Crippen LogP contribution is -2.42. The summed E-state index contributed by atoms with van der Waals surface area (Å²) in [5, 5.41) is 2.51. The second-order valence-electron chi connectivity index (χ2n) is 2.61. The summed E-state index contributed by atoms with van der Waals surface area (Å²) in [5.41, 5.74) is -0.633. The molecule has 0 saturated heterocycles. The van der Waals surface area contributed by atoms with Crippen molar-refractivity contribution in [2.75, 3.05) is 6.61 Å². The van der Waals surface area contributed by atoms with Crippen LogP contribution >= 0.6 is 0 Å². The molecule has 0 saturated carbocycles. The van der Waals surface area contributed by atoms with Crippen LogP contribution in [0.3, 0.4) is 0 Å². The molecule has 0 unspecified atom stereocenters. The molecule has 11 heavy (non-hydrogen) atoms. The number of rotatable bonds is 2. The second kappa shape index (κ2) is 3.87. The fraction of sp³-hybridized carbons (Fsp3) is 0.625. The van der Waals surface area contributed by atoms with Crippen LogP contribution in [-0.4, -0.2) is 18.2 Å². The Morgan fingerprint density at radius 1 is 1.73 bits per heavy atom. The number of alkyl carbamates (subject to hydrolysis) is 1. The van der Waals surface area contributed by atoms with E-state index in [0.29, 0.717) is 6.61 Å². The minimum atomic E-state index is -0.633. The first-order chi connectivity index (χ1) is 5.02. The summed E-state index contributed by atoms with van der Waals surface area (Å²) in [6, 6.07) is 0. The predicted molar refractivity (Wildman–Crippen MR) is 43.1 cm³/mol. The molecule has 1 amide bonds. The Bertz CT molecular complexity index is 179. The van der Waals surface area contributed by atoms with Crippen molar-refractivity contribution >= 4 is 6.09 Å². The summed E-state index contributed by atoms with van der Waals surface area (Å²) in [4.78, 5) is 10.8. The normalized spacial score (nSPS) is 10.0. The molecule has 0 aromatic rings. The molecule has 3 nitrogen and oxygen atoms in total. The molecule has 0 aliphatic heterocycles. The number of hydrogen-bond acceptors (Lipinski definition) is 2. The van der Waals surface area contributed by atoms with Gasteiger partial charge in [-0.2, -0.15) is 0 Å².